The van der Waals surface area contributed by atoms with Gasteiger partial charge in [0.1, 0.15) is 0 Å². The molecular formula is C22H24N4. The zero-order valence-electron chi connectivity index (χ0n) is 15.1. The molecule has 1 fully saturated rings. The van der Waals surface area contributed by atoms with E-state index in [9.17, 15) is 0 Å². The summed E-state index contributed by atoms with van der Waals surface area (Å²) < 4.78 is 0. The van der Waals surface area contributed by atoms with Crippen LogP contribution in [-0.4, -0.2) is 31.1 Å². The van der Waals surface area contributed by atoms with Crippen LogP contribution >= 0.6 is 0 Å². The van der Waals surface area contributed by atoms with E-state index in [1.807, 2.05) is 30.5 Å². The number of piperidine rings is 1. The van der Waals surface area contributed by atoms with Crippen LogP contribution in [0.2, 0.25) is 0 Å². The average molecular weight is 344 g/mol. The highest BCUT2D eigenvalue weighted by Crippen LogP contribution is 2.32. The fourth-order valence-corrected chi connectivity index (χ4v) is 3.76. The fourth-order valence-electron chi connectivity index (χ4n) is 3.76. The number of hydrogen-bond acceptors (Lipinski definition) is 4. The Morgan fingerprint density at radius 3 is 2.62 bits per heavy atom. The number of rotatable bonds is 3. The quantitative estimate of drug-likeness (QED) is 0.889. The van der Waals surface area contributed by atoms with Crippen LogP contribution in [0.1, 0.15) is 29.5 Å². The minimum absolute atomic E-state index is 0.525. The lowest BCUT2D eigenvalue weighted by atomic mass is 9.94. The third-order valence-electron chi connectivity index (χ3n) is 5.37. The predicted octanol–water partition coefficient (Wildman–Crippen LogP) is 3.81. The van der Waals surface area contributed by atoms with Gasteiger partial charge in [-0.05, 0) is 86.2 Å². The van der Waals surface area contributed by atoms with Gasteiger partial charge in [-0.1, -0.05) is 12.1 Å². The third kappa shape index (κ3) is 3.44. The molecule has 2 aromatic rings. The minimum atomic E-state index is 0.525. The lowest BCUT2D eigenvalue weighted by Crippen LogP contribution is -2.37. The van der Waals surface area contributed by atoms with Crippen molar-refractivity contribution >= 4 is 11.8 Å². The maximum absolute atomic E-state index is 9.02. The summed E-state index contributed by atoms with van der Waals surface area (Å²) in [6.07, 6.45) is 6.52. The molecule has 2 aliphatic heterocycles. The molecule has 4 rings (SSSR count). The highest BCUT2D eigenvalue weighted by molar-refractivity contribution is 5.77. The van der Waals surface area contributed by atoms with Gasteiger partial charge in [-0.15, -0.1) is 0 Å². The first-order valence-corrected chi connectivity index (χ1v) is 9.25. The molecule has 2 N–H and O–H groups in total. The van der Waals surface area contributed by atoms with Crippen LogP contribution in [0, 0.1) is 11.3 Å². The second-order valence-electron chi connectivity index (χ2n) is 7.22. The molecule has 0 aromatic heterocycles. The standard InChI is InChI=1S/C22H24N4/c1-26-10-7-20(8-11-26)25-22-13-19(12-18-6-9-24-15-21(18)22)17-4-2-16(14-23)3-5-17/h2-6,9,12-13,20,24-25H,7-8,10-11,15H2,1H3. The summed E-state index contributed by atoms with van der Waals surface area (Å²) in [6, 6.07) is 15.1. The SMILES string of the molecule is CN1CCC(Nc2cc(-c3ccc(C#N)cc3)cc3c2CNC=C3)CC1. The largest absolute Gasteiger partial charge is 0.387 e. The number of nitrogens with zero attached hydrogens (tertiary/aromatic N) is 2. The monoisotopic (exact) mass is 344 g/mol. The minimum Gasteiger partial charge on any atom is -0.387 e. The maximum atomic E-state index is 9.02. The van der Waals surface area contributed by atoms with Crippen LogP contribution in [0.15, 0.2) is 42.6 Å². The van der Waals surface area contributed by atoms with Crippen LogP contribution in [0.3, 0.4) is 0 Å². The zero-order chi connectivity index (χ0) is 17.9. The molecule has 0 radical (unpaired) electrons. The summed E-state index contributed by atoms with van der Waals surface area (Å²) in [7, 11) is 2.19. The summed E-state index contributed by atoms with van der Waals surface area (Å²) in [5.74, 6) is 0. The van der Waals surface area contributed by atoms with Crippen molar-refractivity contribution in [2.75, 3.05) is 25.5 Å². The Kier molecular flexibility index (Phi) is 4.64. The van der Waals surface area contributed by atoms with Crippen molar-refractivity contribution in [1.29, 1.82) is 5.26 Å². The van der Waals surface area contributed by atoms with E-state index in [0.29, 0.717) is 11.6 Å². The Balaban J connectivity index is 1.68. The van der Waals surface area contributed by atoms with Crippen molar-refractivity contribution in [2.45, 2.75) is 25.4 Å². The van der Waals surface area contributed by atoms with Crippen LogP contribution in [0.25, 0.3) is 17.2 Å². The molecule has 0 spiro atoms. The predicted molar refractivity (Wildman–Crippen MR) is 107 cm³/mol. The van der Waals surface area contributed by atoms with Crippen LogP contribution < -0.4 is 10.6 Å². The summed E-state index contributed by atoms with van der Waals surface area (Å²) in [4.78, 5) is 2.39. The van der Waals surface area contributed by atoms with Crippen molar-refractivity contribution in [1.82, 2.24) is 10.2 Å². The van der Waals surface area contributed by atoms with Crippen molar-refractivity contribution in [2.24, 2.45) is 0 Å². The van der Waals surface area contributed by atoms with E-state index in [2.05, 4.69) is 46.9 Å². The van der Waals surface area contributed by atoms with Crippen molar-refractivity contribution < 1.29 is 0 Å². The van der Waals surface area contributed by atoms with E-state index < -0.39 is 0 Å². The van der Waals surface area contributed by atoms with E-state index in [1.54, 1.807) is 0 Å². The first kappa shape index (κ1) is 16.7. The van der Waals surface area contributed by atoms with E-state index in [0.717, 1.165) is 25.2 Å². The van der Waals surface area contributed by atoms with E-state index in [4.69, 9.17) is 5.26 Å². The van der Waals surface area contributed by atoms with Gasteiger partial charge in [0.15, 0.2) is 0 Å². The molecular weight excluding hydrogens is 320 g/mol. The molecule has 26 heavy (non-hydrogen) atoms. The summed E-state index contributed by atoms with van der Waals surface area (Å²) in [5.41, 5.74) is 6.86. The summed E-state index contributed by atoms with van der Waals surface area (Å²) in [5, 5.41) is 16.2. The van der Waals surface area contributed by atoms with Gasteiger partial charge in [0.05, 0.1) is 11.6 Å². The highest BCUT2D eigenvalue weighted by Gasteiger charge is 2.19. The molecule has 2 aliphatic rings. The number of hydrogen-bond donors (Lipinski definition) is 2. The smallest absolute Gasteiger partial charge is 0.0991 e. The van der Waals surface area contributed by atoms with Crippen molar-refractivity contribution in [3.05, 3.63) is 59.3 Å². The molecule has 2 heterocycles. The Labute approximate surface area is 155 Å². The number of nitrogens with one attached hydrogen (secondary N) is 2. The van der Waals surface area contributed by atoms with Gasteiger partial charge in [0.2, 0.25) is 0 Å². The second kappa shape index (κ2) is 7.23. The summed E-state index contributed by atoms with van der Waals surface area (Å²) in [6.45, 7) is 3.15. The van der Waals surface area contributed by atoms with E-state index >= 15 is 0 Å². The molecule has 2 aromatic carbocycles. The molecule has 4 heteroatoms. The van der Waals surface area contributed by atoms with Gasteiger partial charge in [-0.25, -0.2) is 0 Å². The number of likely N-dealkylation sites (tertiary alicyclic amines) is 1. The Morgan fingerprint density at radius 1 is 1.12 bits per heavy atom. The molecule has 0 saturated carbocycles. The van der Waals surface area contributed by atoms with Gasteiger partial charge in [0, 0.05) is 23.8 Å². The molecule has 1 saturated heterocycles. The van der Waals surface area contributed by atoms with Gasteiger partial charge in [-0.2, -0.15) is 5.26 Å². The van der Waals surface area contributed by atoms with Crippen LogP contribution in [0.4, 0.5) is 5.69 Å². The van der Waals surface area contributed by atoms with Crippen molar-refractivity contribution in [3.8, 4) is 17.2 Å². The van der Waals surface area contributed by atoms with E-state index in [-0.39, 0.29) is 0 Å². The Morgan fingerprint density at radius 2 is 1.88 bits per heavy atom. The summed E-state index contributed by atoms with van der Waals surface area (Å²) >= 11 is 0. The highest BCUT2D eigenvalue weighted by atomic mass is 15.1. The molecule has 4 nitrogen and oxygen atoms in total. The number of nitriles is 1. The number of fused-ring (bicyclic) bond motifs is 1. The Bertz CT molecular complexity index is 853. The molecule has 0 amide bonds. The molecule has 0 aliphatic carbocycles. The number of anilines is 1. The lowest BCUT2D eigenvalue weighted by Gasteiger charge is -2.31. The zero-order valence-corrected chi connectivity index (χ0v) is 15.1. The topological polar surface area (TPSA) is 51.1 Å². The Hall–Kier alpha value is -2.77. The molecule has 132 valence electrons. The second-order valence-corrected chi connectivity index (χ2v) is 7.22. The first-order valence-electron chi connectivity index (χ1n) is 9.25. The normalized spacial score (nSPS) is 17.2. The van der Waals surface area contributed by atoms with Crippen molar-refractivity contribution in [3.63, 3.8) is 0 Å². The first-order chi connectivity index (χ1) is 12.7. The van der Waals surface area contributed by atoms with Crippen LogP contribution in [-0.2, 0) is 6.54 Å². The van der Waals surface area contributed by atoms with Gasteiger partial charge < -0.3 is 15.5 Å². The van der Waals surface area contributed by atoms with Gasteiger partial charge in [0.25, 0.3) is 0 Å². The molecule has 0 bridgehead atoms. The molecule has 0 unspecified atom stereocenters. The number of benzene rings is 2. The average Bonchev–Trinajstić information content (AvgIpc) is 2.69. The van der Waals surface area contributed by atoms with E-state index in [1.165, 1.54) is 35.2 Å². The maximum Gasteiger partial charge on any atom is 0.0991 e. The third-order valence-corrected chi connectivity index (χ3v) is 5.37. The lowest BCUT2D eigenvalue weighted by molar-refractivity contribution is 0.264. The van der Waals surface area contributed by atoms with Gasteiger partial charge >= 0.3 is 0 Å². The molecule has 0 atom stereocenters. The van der Waals surface area contributed by atoms with Gasteiger partial charge in [-0.3, -0.25) is 0 Å². The van der Waals surface area contributed by atoms with Crippen LogP contribution in [0.5, 0.6) is 0 Å². The fraction of sp³-hybridized carbons (Fsp3) is 0.318.